The smallest absolute Gasteiger partial charge is 0.169 e. The normalized spacial score (nSPS) is 12.0. The predicted molar refractivity (Wildman–Crippen MR) is 84.5 cm³/mol. The number of aromatic nitrogens is 2. The number of anilines is 1. The Balaban J connectivity index is 3.34. The van der Waals surface area contributed by atoms with Crippen LogP contribution in [0.1, 0.15) is 50.9 Å². The summed E-state index contributed by atoms with van der Waals surface area (Å²) in [4.78, 5) is 2.13. The van der Waals surface area contributed by atoms with Crippen molar-refractivity contribution in [2.45, 2.75) is 53.0 Å². The molecule has 5 heteroatoms. The fraction of sp³-hybridized carbons (Fsp3) is 0.688. The number of methoxy groups -OCH3 is 1. The van der Waals surface area contributed by atoms with E-state index in [4.69, 9.17) is 4.74 Å². The highest BCUT2D eigenvalue weighted by molar-refractivity contribution is 5.58. The Kier molecular flexibility index (Phi) is 7.10. The lowest BCUT2D eigenvalue weighted by Gasteiger charge is -2.30. The molecule has 1 heterocycles. The fourth-order valence-corrected chi connectivity index (χ4v) is 2.43. The third-order valence-electron chi connectivity index (χ3n) is 3.87. The molecule has 21 heavy (non-hydrogen) atoms. The Hall–Kier alpha value is -1.67. The van der Waals surface area contributed by atoms with Crippen LogP contribution in [0.25, 0.3) is 0 Å². The van der Waals surface area contributed by atoms with Gasteiger partial charge in [-0.1, -0.05) is 20.8 Å². The molecule has 0 fully saturated rings. The van der Waals surface area contributed by atoms with Crippen molar-refractivity contribution in [2.75, 3.05) is 25.2 Å². The number of aryl methyl sites for hydroxylation is 1. The first-order valence-corrected chi connectivity index (χ1v) is 7.68. The molecule has 0 aromatic carbocycles. The third kappa shape index (κ3) is 3.92. The largest absolute Gasteiger partial charge is 0.383 e. The highest BCUT2D eigenvalue weighted by Gasteiger charge is 2.22. The van der Waals surface area contributed by atoms with Gasteiger partial charge in [0.1, 0.15) is 11.6 Å². The Morgan fingerprint density at radius 1 is 1.24 bits per heavy atom. The number of hydrogen-bond donors (Lipinski definition) is 0. The van der Waals surface area contributed by atoms with E-state index in [1.807, 2.05) is 6.92 Å². The molecule has 1 aromatic rings. The summed E-state index contributed by atoms with van der Waals surface area (Å²) in [5.74, 6) is 0.693. The van der Waals surface area contributed by atoms with Crippen LogP contribution < -0.4 is 4.90 Å². The van der Waals surface area contributed by atoms with Crippen molar-refractivity contribution in [2.24, 2.45) is 0 Å². The van der Waals surface area contributed by atoms with Gasteiger partial charge in [-0.3, -0.25) is 0 Å². The molecular formula is C16H26N4O. The van der Waals surface area contributed by atoms with Crippen molar-refractivity contribution in [3.63, 3.8) is 0 Å². The SMILES string of the molecule is CCc1nnc(N(CCOC)C(C)CC)c(C#N)c1CC. The molecule has 0 aliphatic heterocycles. The zero-order chi connectivity index (χ0) is 15.8. The van der Waals surface area contributed by atoms with E-state index in [1.54, 1.807) is 7.11 Å². The molecule has 1 atom stereocenters. The maximum absolute atomic E-state index is 9.60. The molecule has 0 spiro atoms. The van der Waals surface area contributed by atoms with Gasteiger partial charge in [-0.15, -0.1) is 5.10 Å². The number of hydrogen-bond acceptors (Lipinski definition) is 5. The zero-order valence-corrected chi connectivity index (χ0v) is 13.8. The lowest BCUT2D eigenvalue weighted by atomic mass is 10.0. The highest BCUT2D eigenvalue weighted by Crippen LogP contribution is 2.25. The first-order valence-electron chi connectivity index (χ1n) is 7.68. The molecule has 0 saturated heterocycles. The second kappa shape index (κ2) is 8.58. The molecule has 116 valence electrons. The second-order valence-electron chi connectivity index (χ2n) is 5.09. The van der Waals surface area contributed by atoms with Crippen molar-refractivity contribution in [1.82, 2.24) is 10.2 Å². The summed E-state index contributed by atoms with van der Waals surface area (Å²) >= 11 is 0. The summed E-state index contributed by atoms with van der Waals surface area (Å²) in [6, 6.07) is 2.63. The van der Waals surface area contributed by atoms with Crippen molar-refractivity contribution in [3.8, 4) is 6.07 Å². The van der Waals surface area contributed by atoms with Gasteiger partial charge < -0.3 is 9.64 Å². The van der Waals surface area contributed by atoms with Gasteiger partial charge in [0.2, 0.25) is 0 Å². The van der Waals surface area contributed by atoms with E-state index in [1.165, 1.54) is 0 Å². The molecule has 1 unspecified atom stereocenters. The minimum atomic E-state index is 0.290. The molecule has 0 aliphatic carbocycles. The van der Waals surface area contributed by atoms with Crippen LogP contribution in [0.5, 0.6) is 0 Å². The zero-order valence-electron chi connectivity index (χ0n) is 13.8. The second-order valence-corrected chi connectivity index (χ2v) is 5.09. The first kappa shape index (κ1) is 17.4. The number of rotatable bonds is 8. The van der Waals surface area contributed by atoms with E-state index in [0.717, 1.165) is 30.5 Å². The summed E-state index contributed by atoms with van der Waals surface area (Å²) in [6.45, 7) is 9.69. The summed E-state index contributed by atoms with van der Waals surface area (Å²) < 4.78 is 5.19. The van der Waals surface area contributed by atoms with Crippen LogP contribution in [0, 0.1) is 11.3 Å². The number of nitriles is 1. The molecule has 0 amide bonds. The Morgan fingerprint density at radius 3 is 2.43 bits per heavy atom. The molecule has 0 saturated carbocycles. The van der Waals surface area contributed by atoms with E-state index in [2.05, 4.69) is 41.9 Å². The van der Waals surface area contributed by atoms with E-state index >= 15 is 0 Å². The van der Waals surface area contributed by atoms with E-state index < -0.39 is 0 Å². The van der Waals surface area contributed by atoms with Gasteiger partial charge in [0.15, 0.2) is 5.82 Å². The minimum Gasteiger partial charge on any atom is -0.383 e. The predicted octanol–water partition coefficient (Wildman–Crippen LogP) is 2.72. The number of ether oxygens (including phenoxy) is 1. The average Bonchev–Trinajstić information content (AvgIpc) is 2.53. The molecule has 1 aromatic heterocycles. The molecule has 5 nitrogen and oxygen atoms in total. The fourth-order valence-electron chi connectivity index (χ4n) is 2.43. The van der Waals surface area contributed by atoms with Crippen LogP contribution in [0.3, 0.4) is 0 Å². The lowest BCUT2D eigenvalue weighted by Crippen LogP contribution is -2.37. The van der Waals surface area contributed by atoms with Crippen molar-refractivity contribution >= 4 is 5.82 Å². The maximum Gasteiger partial charge on any atom is 0.169 e. The monoisotopic (exact) mass is 290 g/mol. The third-order valence-corrected chi connectivity index (χ3v) is 3.87. The molecule has 1 rings (SSSR count). The van der Waals surface area contributed by atoms with Gasteiger partial charge in [0.05, 0.1) is 12.3 Å². The average molecular weight is 290 g/mol. The lowest BCUT2D eigenvalue weighted by molar-refractivity contribution is 0.203. The van der Waals surface area contributed by atoms with E-state index in [0.29, 0.717) is 30.6 Å². The molecule has 0 bridgehead atoms. The summed E-state index contributed by atoms with van der Waals surface area (Å²) in [6.07, 6.45) is 2.58. The van der Waals surface area contributed by atoms with Gasteiger partial charge in [-0.05, 0) is 31.7 Å². The van der Waals surface area contributed by atoms with Crippen LogP contribution in [-0.4, -0.2) is 36.5 Å². The standard InChI is InChI=1S/C16H26N4O/c1-6-12(4)20(9-10-21-5)16-14(11-17)13(7-2)15(8-3)18-19-16/h12H,6-10H2,1-5H3. The van der Waals surface area contributed by atoms with Crippen LogP contribution in [0.4, 0.5) is 5.82 Å². The summed E-state index contributed by atoms with van der Waals surface area (Å²) in [5, 5.41) is 18.3. The van der Waals surface area contributed by atoms with Crippen molar-refractivity contribution in [3.05, 3.63) is 16.8 Å². The van der Waals surface area contributed by atoms with E-state index in [9.17, 15) is 5.26 Å². The van der Waals surface area contributed by atoms with Gasteiger partial charge in [0.25, 0.3) is 0 Å². The Labute approximate surface area is 127 Å². The van der Waals surface area contributed by atoms with Gasteiger partial charge in [0, 0.05) is 19.7 Å². The van der Waals surface area contributed by atoms with Crippen molar-refractivity contribution < 1.29 is 4.74 Å². The number of nitrogens with zero attached hydrogens (tertiary/aromatic N) is 4. The summed E-state index contributed by atoms with van der Waals surface area (Å²) in [5.41, 5.74) is 2.62. The first-order chi connectivity index (χ1) is 10.1. The van der Waals surface area contributed by atoms with Crippen LogP contribution in [0.15, 0.2) is 0 Å². The highest BCUT2D eigenvalue weighted by atomic mass is 16.5. The molecule has 0 aliphatic rings. The van der Waals surface area contributed by atoms with Gasteiger partial charge in [-0.25, -0.2) is 0 Å². The van der Waals surface area contributed by atoms with E-state index in [-0.39, 0.29) is 0 Å². The molecular weight excluding hydrogens is 264 g/mol. The maximum atomic E-state index is 9.60. The topological polar surface area (TPSA) is 62.0 Å². The Morgan fingerprint density at radius 2 is 1.95 bits per heavy atom. The summed E-state index contributed by atoms with van der Waals surface area (Å²) in [7, 11) is 1.68. The van der Waals surface area contributed by atoms with Crippen molar-refractivity contribution in [1.29, 1.82) is 5.26 Å². The molecule has 0 radical (unpaired) electrons. The van der Waals surface area contributed by atoms with Crippen LogP contribution in [-0.2, 0) is 17.6 Å². The van der Waals surface area contributed by atoms with Gasteiger partial charge in [-0.2, -0.15) is 10.4 Å². The van der Waals surface area contributed by atoms with Gasteiger partial charge >= 0.3 is 0 Å². The van der Waals surface area contributed by atoms with Crippen LogP contribution in [0.2, 0.25) is 0 Å². The minimum absolute atomic E-state index is 0.290. The quantitative estimate of drug-likeness (QED) is 0.736. The van der Waals surface area contributed by atoms with Crippen LogP contribution >= 0.6 is 0 Å². The Bertz CT molecular complexity index is 496. The molecule has 0 N–H and O–H groups in total.